The van der Waals surface area contributed by atoms with Crippen LogP contribution in [0, 0.1) is 13.8 Å². The second-order valence-corrected chi connectivity index (χ2v) is 5.83. The Labute approximate surface area is 130 Å². The van der Waals surface area contributed by atoms with Crippen molar-refractivity contribution < 1.29 is 9.59 Å². The summed E-state index contributed by atoms with van der Waals surface area (Å²) < 4.78 is 0. The van der Waals surface area contributed by atoms with Crippen molar-refractivity contribution in [1.82, 2.24) is 9.88 Å². The predicted molar refractivity (Wildman–Crippen MR) is 85.0 cm³/mol. The molecule has 0 radical (unpaired) electrons. The molecule has 22 heavy (non-hydrogen) atoms. The van der Waals surface area contributed by atoms with Crippen LogP contribution in [0.5, 0.6) is 0 Å². The average Bonchev–Trinajstić information content (AvgIpc) is 2.54. The summed E-state index contributed by atoms with van der Waals surface area (Å²) in [4.78, 5) is 34.5. The van der Waals surface area contributed by atoms with Crippen LogP contribution in [0.3, 0.4) is 0 Å². The average molecular weight is 300 g/mol. The van der Waals surface area contributed by atoms with E-state index in [1.54, 1.807) is 16.8 Å². The molecular formula is C16H20N4O2. The predicted octanol–water partition coefficient (Wildman–Crippen LogP) is 0.878. The summed E-state index contributed by atoms with van der Waals surface area (Å²) in [5.41, 5.74) is 3.02. The number of anilines is 2. The third kappa shape index (κ3) is 1.98. The second kappa shape index (κ2) is 5.12. The molecule has 2 aliphatic rings. The van der Waals surface area contributed by atoms with E-state index in [1.165, 1.54) is 6.08 Å². The van der Waals surface area contributed by atoms with Crippen LogP contribution in [-0.2, 0) is 9.59 Å². The number of aryl methyl sites for hydroxylation is 1. The number of aromatic nitrogens is 1. The third-order valence-electron chi connectivity index (χ3n) is 4.63. The summed E-state index contributed by atoms with van der Waals surface area (Å²) >= 11 is 0. The fourth-order valence-corrected chi connectivity index (χ4v) is 3.19. The van der Waals surface area contributed by atoms with Gasteiger partial charge in [0.25, 0.3) is 5.91 Å². The van der Waals surface area contributed by atoms with Gasteiger partial charge in [-0.25, -0.2) is 4.98 Å². The van der Waals surface area contributed by atoms with Crippen LogP contribution in [0.15, 0.2) is 18.9 Å². The number of nitrogens with zero attached hydrogens (tertiary/aromatic N) is 4. The molecule has 6 nitrogen and oxygen atoms in total. The Morgan fingerprint density at radius 2 is 2.14 bits per heavy atom. The molecule has 3 rings (SSSR count). The number of rotatable bonds is 1. The van der Waals surface area contributed by atoms with Gasteiger partial charge >= 0.3 is 0 Å². The summed E-state index contributed by atoms with van der Waals surface area (Å²) in [6.45, 7) is 9.08. The Morgan fingerprint density at radius 1 is 1.41 bits per heavy atom. The van der Waals surface area contributed by atoms with Crippen LogP contribution in [0.4, 0.5) is 11.5 Å². The minimum atomic E-state index is -0.371. The first-order valence-electron chi connectivity index (χ1n) is 7.37. The number of pyridine rings is 1. The number of amides is 2. The van der Waals surface area contributed by atoms with Crippen LogP contribution in [0.25, 0.3) is 0 Å². The van der Waals surface area contributed by atoms with Gasteiger partial charge < -0.3 is 14.7 Å². The lowest BCUT2D eigenvalue weighted by molar-refractivity contribution is -0.128. The van der Waals surface area contributed by atoms with E-state index in [9.17, 15) is 9.59 Å². The maximum Gasteiger partial charge on any atom is 0.251 e. The van der Waals surface area contributed by atoms with E-state index in [1.807, 2.05) is 24.9 Å². The number of carbonyl (C=O) groups excluding carboxylic acids is 2. The molecule has 6 heteroatoms. The van der Waals surface area contributed by atoms with Gasteiger partial charge in [0.05, 0.1) is 12.2 Å². The van der Waals surface area contributed by atoms with Crippen molar-refractivity contribution in [2.45, 2.75) is 19.9 Å². The van der Waals surface area contributed by atoms with Crippen molar-refractivity contribution in [1.29, 1.82) is 0 Å². The Morgan fingerprint density at radius 3 is 2.82 bits per heavy atom. The molecule has 0 spiro atoms. The molecule has 1 unspecified atom stereocenters. The zero-order valence-electron chi connectivity index (χ0n) is 13.2. The lowest BCUT2D eigenvalue weighted by Gasteiger charge is -2.46. The van der Waals surface area contributed by atoms with Crippen LogP contribution < -0.4 is 9.80 Å². The lowest BCUT2D eigenvalue weighted by Crippen LogP contribution is -2.63. The Balaban J connectivity index is 2.02. The number of hydrogen-bond donors (Lipinski definition) is 0. The minimum Gasteiger partial charge on any atom is -0.339 e. The molecule has 0 aliphatic carbocycles. The molecule has 1 aromatic heterocycles. The number of carbonyl (C=O) groups is 2. The van der Waals surface area contributed by atoms with Crippen LogP contribution in [0.1, 0.15) is 11.1 Å². The maximum absolute atomic E-state index is 12.7. The first-order valence-corrected chi connectivity index (χ1v) is 7.37. The van der Waals surface area contributed by atoms with Gasteiger partial charge in [-0.15, -0.1) is 0 Å². The Bertz CT molecular complexity index is 670. The van der Waals surface area contributed by atoms with Gasteiger partial charge in [-0.2, -0.15) is 0 Å². The summed E-state index contributed by atoms with van der Waals surface area (Å²) in [5, 5.41) is 0. The zero-order valence-corrected chi connectivity index (χ0v) is 13.2. The van der Waals surface area contributed by atoms with E-state index < -0.39 is 0 Å². The van der Waals surface area contributed by atoms with Gasteiger partial charge in [0, 0.05) is 26.3 Å². The Kier molecular flexibility index (Phi) is 3.39. The molecule has 2 amide bonds. The molecule has 0 aromatic carbocycles. The van der Waals surface area contributed by atoms with Crippen molar-refractivity contribution in [2.24, 2.45) is 0 Å². The van der Waals surface area contributed by atoms with E-state index >= 15 is 0 Å². The second-order valence-electron chi connectivity index (χ2n) is 5.83. The van der Waals surface area contributed by atoms with Crippen molar-refractivity contribution in [3.63, 3.8) is 0 Å². The normalized spacial score (nSPS) is 20.6. The van der Waals surface area contributed by atoms with Crippen LogP contribution >= 0.6 is 0 Å². The van der Waals surface area contributed by atoms with Crippen molar-refractivity contribution in [3.05, 3.63) is 30.0 Å². The zero-order chi connectivity index (χ0) is 16.0. The Hall–Kier alpha value is -2.37. The van der Waals surface area contributed by atoms with Gasteiger partial charge in [0.15, 0.2) is 5.82 Å². The summed E-state index contributed by atoms with van der Waals surface area (Å²) in [5.74, 6) is 0.708. The smallest absolute Gasteiger partial charge is 0.251 e. The fraction of sp³-hybridized carbons (Fsp3) is 0.438. The van der Waals surface area contributed by atoms with Crippen molar-refractivity contribution in [2.75, 3.05) is 36.5 Å². The molecule has 116 valence electrons. The largest absolute Gasteiger partial charge is 0.339 e. The topological polar surface area (TPSA) is 56.8 Å². The van der Waals surface area contributed by atoms with Crippen molar-refractivity contribution in [3.8, 4) is 0 Å². The monoisotopic (exact) mass is 300 g/mol. The quantitative estimate of drug-likeness (QED) is 0.723. The molecule has 2 aliphatic heterocycles. The van der Waals surface area contributed by atoms with Crippen molar-refractivity contribution >= 4 is 23.3 Å². The summed E-state index contributed by atoms with van der Waals surface area (Å²) in [6, 6.07) is -0.371. The molecule has 1 aromatic rings. The van der Waals surface area contributed by atoms with Gasteiger partial charge in [0.2, 0.25) is 5.91 Å². The van der Waals surface area contributed by atoms with E-state index in [2.05, 4.69) is 11.6 Å². The molecular weight excluding hydrogens is 280 g/mol. The van der Waals surface area contributed by atoms with Gasteiger partial charge in [-0.3, -0.25) is 9.59 Å². The molecule has 0 saturated carbocycles. The van der Waals surface area contributed by atoms with E-state index in [0.29, 0.717) is 19.6 Å². The standard InChI is InChI=1S/C16H20N4O2/c1-5-13(21)19-6-7-20-12(9-19)16(22)18(4)14-11(3)10(2)8-17-15(14)20/h5,8,12H,1,6-7,9H2,2-4H3. The fourth-order valence-electron chi connectivity index (χ4n) is 3.19. The molecule has 1 atom stereocenters. The number of hydrogen-bond acceptors (Lipinski definition) is 4. The molecule has 1 fully saturated rings. The van der Waals surface area contributed by atoms with E-state index in [-0.39, 0.29) is 17.9 Å². The molecule has 3 heterocycles. The van der Waals surface area contributed by atoms with Gasteiger partial charge in [-0.1, -0.05) is 6.58 Å². The van der Waals surface area contributed by atoms with Crippen LogP contribution in [-0.4, -0.2) is 54.4 Å². The lowest BCUT2D eigenvalue weighted by atomic mass is 10.0. The number of fused-ring (bicyclic) bond motifs is 3. The number of likely N-dealkylation sites (N-methyl/N-ethyl adjacent to an activating group) is 1. The highest BCUT2D eigenvalue weighted by Gasteiger charge is 2.42. The first-order chi connectivity index (χ1) is 10.5. The first kappa shape index (κ1) is 14.6. The highest BCUT2D eigenvalue weighted by Crippen LogP contribution is 2.38. The van der Waals surface area contributed by atoms with Gasteiger partial charge in [-0.05, 0) is 31.1 Å². The molecule has 1 saturated heterocycles. The van der Waals surface area contributed by atoms with E-state index in [0.717, 1.165) is 22.6 Å². The van der Waals surface area contributed by atoms with Crippen LogP contribution in [0.2, 0.25) is 0 Å². The van der Waals surface area contributed by atoms with Gasteiger partial charge in [0.1, 0.15) is 6.04 Å². The maximum atomic E-state index is 12.7. The minimum absolute atomic E-state index is 0.00422. The highest BCUT2D eigenvalue weighted by atomic mass is 16.2. The van der Waals surface area contributed by atoms with E-state index in [4.69, 9.17) is 0 Å². The SMILES string of the molecule is C=CC(=O)N1CCN2c3ncc(C)c(C)c3N(C)C(=O)C2C1. The third-order valence-corrected chi connectivity index (χ3v) is 4.63. The summed E-state index contributed by atoms with van der Waals surface area (Å²) in [6.07, 6.45) is 3.14. The molecule has 0 bridgehead atoms. The summed E-state index contributed by atoms with van der Waals surface area (Å²) in [7, 11) is 1.78. The highest BCUT2D eigenvalue weighted by molar-refractivity contribution is 6.06. The number of piperazine rings is 1. The molecule has 0 N–H and O–H groups in total.